The first-order chi connectivity index (χ1) is 11.3. The van der Waals surface area contributed by atoms with E-state index in [1.807, 2.05) is 0 Å². The summed E-state index contributed by atoms with van der Waals surface area (Å²) in [7, 11) is 0. The van der Waals surface area contributed by atoms with Gasteiger partial charge in [-0.2, -0.15) is 0 Å². The molecule has 23 heavy (non-hydrogen) atoms. The quantitative estimate of drug-likeness (QED) is 0.512. The van der Waals surface area contributed by atoms with Gasteiger partial charge < -0.3 is 10.1 Å². The van der Waals surface area contributed by atoms with E-state index in [0.29, 0.717) is 30.2 Å². The molecule has 7 atom stereocenters. The van der Waals surface area contributed by atoms with Gasteiger partial charge in [0.1, 0.15) is 0 Å². The van der Waals surface area contributed by atoms with Crippen LogP contribution in [0.2, 0.25) is 0 Å². The molecule has 4 rings (SSSR count). The predicted octanol–water partition coefficient (Wildman–Crippen LogP) is 0.225. The molecule has 0 spiro atoms. The van der Waals surface area contributed by atoms with Gasteiger partial charge in [0.15, 0.2) is 0 Å². The van der Waals surface area contributed by atoms with Crippen molar-refractivity contribution < 1.29 is 4.74 Å². The fraction of sp³-hybridized carbons (Fsp3) is 1.00. The Morgan fingerprint density at radius 1 is 1.09 bits per heavy atom. The molecule has 0 radical (unpaired) electrons. The van der Waals surface area contributed by atoms with Crippen LogP contribution in [0.1, 0.15) is 39.0 Å². The normalized spacial score (nSPS) is 48.7. The van der Waals surface area contributed by atoms with Crippen molar-refractivity contribution >= 4 is 0 Å². The molecular formula is C17H33N5O. The van der Waals surface area contributed by atoms with Gasteiger partial charge in [-0.15, -0.1) is 0 Å². The van der Waals surface area contributed by atoms with Crippen molar-refractivity contribution in [3.63, 3.8) is 0 Å². The molecule has 0 amide bonds. The van der Waals surface area contributed by atoms with Crippen molar-refractivity contribution in [1.29, 1.82) is 0 Å². The van der Waals surface area contributed by atoms with E-state index >= 15 is 0 Å². The standard InChI is InChI=1S/C17H33N5O/c1-12-5-7-18-6-2-8-22-11-13(10-19-22)17-15-9-14(23-12)3-4-16(15)20-21-17/h12-21H,2-11H2,1H3/t12-,13?,14?,15?,16?,17?/m1/s1. The fourth-order valence-electron chi connectivity index (χ4n) is 4.93. The van der Waals surface area contributed by atoms with Crippen molar-refractivity contribution in [1.82, 2.24) is 26.6 Å². The number of hydrazine groups is 2. The van der Waals surface area contributed by atoms with Crippen LogP contribution in [0, 0.1) is 11.8 Å². The van der Waals surface area contributed by atoms with Crippen LogP contribution in [-0.4, -0.2) is 62.0 Å². The largest absolute Gasteiger partial charge is 0.375 e. The summed E-state index contributed by atoms with van der Waals surface area (Å²) in [6.07, 6.45) is 6.81. The highest BCUT2D eigenvalue weighted by Crippen LogP contribution is 2.36. The second kappa shape index (κ2) is 7.33. The molecule has 1 aliphatic carbocycles. The minimum absolute atomic E-state index is 0.372. The lowest BCUT2D eigenvalue weighted by Crippen LogP contribution is -2.42. The van der Waals surface area contributed by atoms with E-state index < -0.39 is 0 Å². The van der Waals surface area contributed by atoms with Gasteiger partial charge in [-0.1, -0.05) is 0 Å². The number of ether oxygens (including phenoxy) is 1. The maximum atomic E-state index is 6.38. The maximum Gasteiger partial charge on any atom is 0.0583 e. The van der Waals surface area contributed by atoms with Gasteiger partial charge in [0, 0.05) is 37.6 Å². The molecule has 0 aromatic carbocycles. The Labute approximate surface area is 140 Å². The van der Waals surface area contributed by atoms with Gasteiger partial charge in [0.2, 0.25) is 0 Å². The Hall–Kier alpha value is -0.240. The van der Waals surface area contributed by atoms with Crippen LogP contribution in [0.5, 0.6) is 0 Å². The summed E-state index contributed by atoms with van der Waals surface area (Å²) in [5.74, 6) is 1.42. The van der Waals surface area contributed by atoms with Gasteiger partial charge in [-0.05, 0) is 58.0 Å². The van der Waals surface area contributed by atoms with Gasteiger partial charge in [0.25, 0.3) is 0 Å². The van der Waals surface area contributed by atoms with Crippen molar-refractivity contribution in [3.8, 4) is 0 Å². The average Bonchev–Trinajstić information content (AvgIpc) is 3.16. The molecule has 4 fully saturated rings. The highest BCUT2D eigenvalue weighted by atomic mass is 16.5. The number of fused-ring (bicyclic) bond motifs is 4. The Morgan fingerprint density at radius 2 is 2.04 bits per heavy atom. The minimum atomic E-state index is 0.372. The molecule has 0 aromatic rings. The van der Waals surface area contributed by atoms with Gasteiger partial charge in [-0.25, -0.2) is 5.01 Å². The number of nitrogens with one attached hydrogen (secondary N) is 4. The summed E-state index contributed by atoms with van der Waals surface area (Å²) in [6.45, 7) is 7.84. The van der Waals surface area contributed by atoms with E-state index in [2.05, 4.69) is 33.5 Å². The fourth-order valence-corrected chi connectivity index (χ4v) is 4.93. The summed E-state index contributed by atoms with van der Waals surface area (Å²) in [6, 6.07) is 1.23. The number of rotatable bonds is 0. The van der Waals surface area contributed by atoms with Crippen LogP contribution in [0.25, 0.3) is 0 Å². The molecule has 1 saturated carbocycles. The van der Waals surface area contributed by atoms with Crippen molar-refractivity contribution in [2.75, 3.05) is 32.7 Å². The number of hydrogen-bond donors (Lipinski definition) is 4. The van der Waals surface area contributed by atoms with Crippen LogP contribution >= 0.6 is 0 Å². The van der Waals surface area contributed by atoms with E-state index in [1.54, 1.807) is 0 Å². The predicted molar refractivity (Wildman–Crippen MR) is 90.7 cm³/mol. The van der Waals surface area contributed by atoms with Crippen molar-refractivity contribution in [3.05, 3.63) is 0 Å². The molecule has 3 saturated heterocycles. The third-order valence-electron chi connectivity index (χ3n) is 6.22. The smallest absolute Gasteiger partial charge is 0.0583 e. The summed E-state index contributed by atoms with van der Waals surface area (Å²) >= 11 is 0. The van der Waals surface area contributed by atoms with E-state index in [1.165, 1.54) is 32.2 Å². The van der Waals surface area contributed by atoms with E-state index in [0.717, 1.165) is 38.5 Å². The first-order valence-corrected chi connectivity index (χ1v) is 9.65. The van der Waals surface area contributed by atoms with Crippen LogP contribution in [0.3, 0.4) is 0 Å². The molecule has 4 aliphatic rings. The monoisotopic (exact) mass is 323 g/mol. The molecule has 4 bridgehead atoms. The number of hydrogen-bond acceptors (Lipinski definition) is 6. The third kappa shape index (κ3) is 3.72. The highest BCUT2D eigenvalue weighted by molar-refractivity contribution is 5.00. The van der Waals surface area contributed by atoms with Gasteiger partial charge in [0.05, 0.1) is 12.2 Å². The lowest BCUT2D eigenvalue weighted by molar-refractivity contribution is -0.0392. The molecule has 6 heteroatoms. The van der Waals surface area contributed by atoms with Crippen LogP contribution in [0.15, 0.2) is 0 Å². The van der Waals surface area contributed by atoms with Crippen molar-refractivity contribution in [2.45, 2.75) is 63.3 Å². The lowest BCUT2D eigenvalue weighted by Gasteiger charge is -2.35. The summed E-state index contributed by atoms with van der Waals surface area (Å²) < 4.78 is 6.38. The molecule has 6 nitrogen and oxygen atoms in total. The Bertz CT molecular complexity index is 395. The SMILES string of the molecule is C[C@@H]1CCNCCCN2CC(CN2)C2NNC3CCC(CC32)O1. The first kappa shape index (κ1) is 16.2. The molecule has 6 unspecified atom stereocenters. The number of nitrogens with zero attached hydrogens (tertiary/aromatic N) is 1. The van der Waals surface area contributed by atoms with E-state index in [4.69, 9.17) is 4.74 Å². The summed E-state index contributed by atoms with van der Waals surface area (Å²) in [4.78, 5) is 0. The zero-order valence-corrected chi connectivity index (χ0v) is 14.4. The van der Waals surface area contributed by atoms with E-state index in [9.17, 15) is 0 Å². The second-order valence-electron chi connectivity index (χ2n) is 7.93. The van der Waals surface area contributed by atoms with E-state index in [-0.39, 0.29) is 0 Å². The van der Waals surface area contributed by atoms with Gasteiger partial charge >= 0.3 is 0 Å². The van der Waals surface area contributed by atoms with Crippen molar-refractivity contribution in [2.24, 2.45) is 11.8 Å². The maximum absolute atomic E-state index is 6.38. The summed E-state index contributed by atoms with van der Waals surface area (Å²) in [5, 5.41) is 6.00. The molecule has 3 aliphatic heterocycles. The molecular weight excluding hydrogens is 290 g/mol. The van der Waals surface area contributed by atoms with Gasteiger partial charge in [-0.3, -0.25) is 16.3 Å². The molecule has 132 valence electrons. The summed E-state index contributed by atoms with van der Waals surface area (Å²) in [5.41, 5.74) is 10.8. The highest BCUT2D eigenvalue weighted by Gasteiger charge is 2.45. The van der Waals surface area contributed by atoms with Crippen LogP contribution < -0.4 is 21.6 Å². The third-order valence-corrected chi connectivity index (χ3v) is 6.22. The average molecular weight is 323 g/mol. The Kier molecular flexibility index (Phi) is 5.18. The first-order valence-electron chi connectivity index (χ1n) is 9.65. The topological polar surface area (TPSA) is 60.6 Å². The Morgan fingerprint density at radius 3 is 3.00 bits per heavy atom. The molecule has 3 heterocycles. The minimum Gasteiger partial charge on any atom is -0.375 e. The van der Waals surface area contributed by atoms with Crippen LogP contribution in [-0.2, 0) is 4.74 Å². The lowest BCUT2D eigenvalue weighted by atomic mass is 9.76. The zero-order valence-electron chi connectivity index (χ0n) is 14.4. The second-order valence-corrected chi connectivity index (χ2v) is 7.93. The molecule has 0 aromatic heterocycles. The zero-order chi connectivity index (χ0) is 15.6. The molecule has 4 N–H and O–H groups in total. The Balaban J connectivity index is 1.45. The van der Waals surface area contributed by atoms with Crippen LogP contribution in [0.4, 0.5) is 0 Å².